The Morgan fingerprint density at radius 3 is 2.39 bits per heavy atom. The van der Waals surface area contributed by atoms with E-state index in [1.807, 2.05) is 12.1 Å². The third kappa shape index (κ3) is 9.14. The maximum absolute atomic E-state index is 12.7. The van der Waals surface area contributed by atoms with Crippen LogP contribution < -0.4 is 25.5 Å². The fraction of sp³-hybridized carbons (Fsp3) is 0.242. The highest BCUT2D eigenvalue weighted by atomic mass is 79.9. The van der Waals surface area contributed by atoms with Crippen LogP contribution >= 0.6 is 28.1 Å². The summed E-state index contributed by atoms with van der Waals surface area (Å²) in [5.41, 5.74) is 6.10. The van der Waals surface area contributed by atoms with Crippen LogP contribution in [0.25, 0.3) is 0 Å². The molecule has 3 N–H and O–H groups in total. The first kappa shape index (κ1) is 34.1. The molecule has 240 valence electrons. The van der Waals surface area contributed by atoms with Gasteiger partial charge in [0.1, 0.15) is 18.1 Å². The summed E-state index contributed by atoms with van der Waals surface area (Å²) in [6, 6.07) is 18.8. The molecular formula is C33H33BrN4O7S. The van der Waals surface area contributed by atoms with Crippen molar-refractivity contribution in [2.75, 3.05) is 19.8 Å². The summed E-state index contributed by atoms with van der Waals surface area (Å²) in [6.07, 6.45) is 1.49. The number of ether oxygens (including phenoxy) is 4. The average molecular weight is 710 g/mol. The molecule has 1 atom stereocenters. The molecule has 0 spiro atoms. The van der Waals surface area contributed by atoms with Crippen LogP contribution in [0.5, 0.6) is 11.5 Å². The molecule has 0 aliphatic carbocycles. The van der Waals surface area contributed by atoms with Crippen molar-refractivity contribution >= 4 is 57.3 Å². The number of nitrogens with one attached hydrogen (secondary N) is 3. The lowest BCUT2D eigenvalue weighted by Crippen LogP contribution is -2.45. The molecule has 0 unspecified atom stereocenters. The lowest BCUT2D eigenvalue weighted by atomic mass is 9.95. The van der Waals surface area contributed by atoms with Crippen molar-refractivity contribution in [1.29, 1.82) is 0 Å². The zero-order chi connectivity index (χ0) is 33.1. The van der Waals surface area contributed by atoms with E-state index in [2.05, 4.69) is 37.1 Å². The molecular weight excluding hydrogens is 676 g/mol. The van der Waals surface area contributed by atoms with Gasteiger partial charge in [-0.1, -0.05) is 30.3 Å². The number of esters is 2. The molecule has 3 aromatic rings. The molecule has 0 saturated carbocycles. The Labute approximate surface area is 280 Å². The molecule has 13 heteroatoms. The Bertz CT molecular complexity index is 1660. The van der Waals surface area contributed by atoms with E-state index in [0.29, 0.717) is 62.3 Å². The average Bonchev–Trinajstić information content (AvgIpc) is 3.03. The molecule has 1 heterocycles. The summed E-state index contributed by atoms with van der Waals surface area (Å²) < 4.78 is 22.7. The van der Waals surface area contributed by atoms with Gasteiger partial charge in [0.2, 0.25) is 0 Å². The van der Waals surface area contributed by atoms with Crippen molar-refractivity contribution < 1.29 is 33.3 Å². The summed E-state index contributed by atoms with van der Waals surface area (Å²) in [7, 11) is 0. The minimum absolute atomic E-state index is 0.219. The Morgan fingerprint density at radius 1 is 0.957 bits per heavy atom. The maximum atomic E-state index is 12.7. The number of hydrazone groups is 1. The van der Waals surface area contributed by atoms with Gasteiger partial charge >= 0.3 is 11.9 Å². The van der Waals surface area contributed by atoms with Crippen LogP contribution in [0, 0.1) is 0 Å². The molecule has 46 heavy (non-hydrogen) atoms. The van der Waals surface area contributed by atoms with Crippen LogP contribution in [0.15, 0.2) is 87.6 Å². The van der Waals surface area contributed by atoms with E-state index in [1.165, 1.54) is 6.21 Å². The van der Waals surface area contributed by atoms with E-state index < -0.39 is 17.9 Å². The first-order valence-electron chi connectivity index (χ1n) is 14.4. The predicted octanol–water partition coefficient (Wildman–Crippen LogP) is 5.09. The van der Waals surface area contributed by atoms with Crippen LogP contribution in [0.3, 0.4) is 0 Å². The van der Waals surface area contributed by atoms with E-state index in [4.69, 9.17) is 31.2 Å². The van der Waals surface area contributed by atoms with Gasteiger partial charge in [0.25, 0.3) is 5.91 Å². The van der Waals surface area contributed by atoms with Gasteiger partial charge in [0.05, 0.1) is 41.1 Å². The third-order valence-electron chi connectivity index (χ3n) is 6.57. The van der Waals surface area contributed by atoms with Gasteiger partial charge in [-0.05, 0) is 96.4 Å². The lowest BCUT2D eigenvalue weighted by molar-refractivity contribution is -0.139. The number of nitrogens with zero attached hydrogens (tertiary/aromatic N) is 1. The summed E-state index contributed by atoms with van der Waals surface area (Å²) in [5, 5.41) is 10.4. The number of hydrogen-bond acceptors (Lipinski definition) is 9. The number of benzene rings is 3. The highest BCUT2D eigenvalue weighted by Gasteiger charge is 2.32. The normalized spacial score (nSPS) is 14.3. The van der Waals surface area contributed by atoms with Gasteiger partial charge in [0, 0.05) is 11.3 Å². The van der Waals surface area contributed by atoms with E-state index in [9.17, 15) is 14.4 Å². The molecule has 0 fully saturated rings. The summed E-state index contributed by atoms with van der Waals surface area (Å²) in [6.45, 7) is 5.76. The van der Waals surface area contributed by atoms with Crippen LogP contribution in [0.2, 0.25) is 0 Å². The third-order valence-corrected chi connectivity index (χ3v) is 7.41. The van der Waals surface area contributed by atoms with Crippen molar-refractivity contribution in [3.8, 4) is 11.5 Å². The zero-order valence-corrected chi connectivity index (χ0v) is 27.8. The number of amides is 1. The number of para-hydroxylation sites is 1. The van der Waals surface area contributed by atoms with Gasteiger partial charge < -0.3 is 29.6 Å². The number of rotatable bonds is 13. The molecule has 1 aliphatic heterocycles. The van der Waals surface area contributed by atoms with Crippen molar-refractivity contribution in [1.82, 2.24) is 16.1 Å². The summed E-state index contributed by atoms with van der Waals surface area (Å²) in [4.78, 5) is 37.1. The number of allylic oxidation sites excluding steroid dienone is 1. The van der Waals surface area contributed by atoms with Crippen molar-refractivity contribution in [2.24, 2.45) is 5.10 Å². The Morgan fingerprint density at radius 2 is 1.67 bits per heavy atom. The highest BCUT2D eigenvalue weighted by Crippen LogP contribution is 2.33. The van der Waals surface area contributed by atoms with E-state index >= 15 is 0 Å². The molecule has 3 aromatic carbocycles. The summed E-state index contributed by atoms with van der Waals surface area (Å²) in [5.74, 6) is -0.318. The fourth-order valence-electron chi connectivity index (χ4n) is 4.44. The van der Waals surface area contributed by atoms with E-state index in [0.717, 1.165) is 5.56 Å². The van der Waals surface area contributed by atoms with Crippen LogP contribution in [0.1, 0.15) is 53.9 Å². The van der Waals surface area contributed by atoms with Crippen LogP contribution in [-0.4, -0.2) is 49.0 Å². The Kier molecular flexibility index (Phi) is 12.3. The molecule has 0 aromatic heterocycles. The second-order valence-corrected chi connectivity index (χ2v) is 11.1. The molecule has 4 rings (SSSR count). The van der Waals surface area contributed by atoms with Gasteiger partial charge in [0.15, 0.2) is 11.7 Å². The fourth-order valence-corrected chi connectivity index (χ4v) is 5.22. The SMILES string of the molecule is CCOC(=O)C1=C(C)NC(=S)N[C@H]1c1ccccc1OCC(=O)NN=Cc1ccc(OCc2ccc(C(=O)OCC)cc2)c(Br)c1. The van der Waals surface area contributed by atoms with Crippen LogP contribution in [-0.2, 0) is 25.7 Å². The molecule has 1 aliphatic rings. The standard InChI is InChI=1S/C33H33BrN4O7S/c1-4-42-31(40)23-13-10-21(11-14-23)18-44-27-15-12-22(16-25(27)34)17-35-38-28(39)19-45-26-9-7-6-8-24(26)30-29(32(41)43-5-2)20(3)36-33(46)37-30/h6-17,30H,4-5,18-19H2,1-3H3,(H,38,39)(H2,36,37,46)/t30-/m0/s1. The van der Waals surface area contributed by atoms with Gasteiger partial charge in [-0.3, -0.25) is 4.79 Å². The van der Waals surface area contributed by atoms with Crippen molar-refractivity contribution in [3.05, 3.63) is 105 Å². The zero-order valence-electron chi connectivity index (χ0n) is 25.4. The van der Waals surface area contributed by atoms with Gasteiger partial charge in [-0.15, -0.1) is 0 Å². The van der Waals surface area contributed by atoms with Gasteiger partial charge in [-0.2, -0.15) is 5.10 Å². The molecule has 11 nitrogen and oxygen atoms in total. The van der Waals surface area contributed by atoms with Crippen molar-refractivity contribution in [3.63, 3.8) is 0 Å². The maximum Gasteiger partial charge on any atom is 0.338 e. The molecule has 0 bridgehead atoms. The smallest absolute Gasteiger partial charge is 0.338 e. The highest BCUT2D eigenvalue weighted by molar-refractivity contribution is 9.10. The van der Waals surface area contributed by atoms with Crippen molar-refractivity contribution in [2.45, 2.75) is 33.4 Å². The lowest BCUT2D eigenvalue weighted by Gasteiger charge is -2.30. The first-order valence-corrected chi connectivity index (χ1v) is 15.6. The second kappa shape index (κ2) is 16.5. The summed E-state index contributed by atoms with van der Waals surface area (Å²) >= 11 is 8.82. The molecule has 1 amide bonds. The second-order valence-electron chi connectivity index (χ2n) is 9.81. The number of carbonyl (C=O) groups excluding carboxylic acids is 3. The topological polar surface area (TPSA) is 137 Å². The Balaban J connectivity index is 1.32. The number of hydrogen-bond donors (Lipinski definition) is 3. The first-order chi connectivity index (χ1) is 22.2. The number of halogens is 1. The quantitative estimate of drug-likeness (QED) is 0.0954. The number of carbonyl (C=O) groups is 3. The minimum atomic E-state index is -0.632. The molecule has 0 saturated heterocycles. The van der Waals surface area contributed by atoms with Crippen LogP contribution in [0.4, 0.5) is 0 Å². The van der Waals surface area contributed by atoms with E-state index in [1.54, 1.807) is 75.4 Å². The number of thiocarbonyl (C=S) groups is 1. The minimum Gasteiger partial charge on any atom is -0.488 e. The monoisotopic (exact) mass is 708 g/mol. The van der Waals surface area contributed by atoms with Gasteiger partial charge in [-0.25, -0.2) is 15.0 Å². The molecule has 0 radical (unpaired) electrons. The largest absolute Gasteiger partial charge is 0.488 e. The Hall–Kier alpha value is -4.75. The predicted molar refractivity (Wildman–Crippen MR) is 179 cm³/mol. The van der Waals surface area contributed by atoms with E-state index in [-0.39, 0.29) is 19.2 Å².